The number of phenolic OH excluding ortho intramolecular Hbond substituents is 1. The summed E-state index contributed by atoms with van der Waals surface area (Å²) < 4.78 is 0. The van der Waals surface area contributed by atoms with Gasteiger partial charge in [0.15, 0.2) is 0 Å². The average molecular weight is 1170 g/mol. The summed E-state index contributed by atoms with van der Waals surface area (Å²) in [6.45, 7) is -0.298. The average Bonchev–Trinajstić information content (AvgIpc) is 4.04. The summed E-state index contributed by atoms with van der Waals surface area (Å²) in [5.74, 6) is -9.91. The zero-order valence-corrected chi connectivity index (χ0v) is 46.8. The zero-order chi connectivity index (χ0) is 59.7. The van der Waals surface area contributed by atoms with Gasteiger partial charge in [0.1, 0.15) is 48.0 Å². The molecule has 12 amide bonds. The highest BCUT2D eigenvalue weighted by Crippen LogP contribution is 2.26. The molecule has 2 saturated heterocycles. The maximum absolute atomic E-state index is 14.7. The Morgan fingerprint density at radius 1 is 0.695 bits per heavy atom. The highest BCUT2D eigenvalue weighted by atomic mass is 33.1. The van der Waals surface area contributed by atoms with Crippen LogP contribution in [0.1, 0.15) is 79.3 Å². The first-order chi connectivity index (χ1) is 39.2. The minimum Gasteiger partial charge on any atom is -0.508 e. The minimum absolute atomic E-state index is 0.0169. The topological polar surface area (TPSA) is 415 Å². The number of carbonyl (C=O) groups is 12. The normalized spacial score (nSPS) is 20.7. The molecule has 0 radical (unpaired) electrons. The predicted molar refractivity (Wildman–Crippen MR) is 304 cm³/mol. The highest BCUT2D eigenvalue weighted by molar-refractivity contribution is 8.76. The van der Waals surface area contributed by atoms with Crippen LogP contribution < -0.4 is 65.1 Å². The van der Waals surface area contributed by atoms with Crippen LogP contribution in [0.15, 0.2) is 78.9 Å². The standard InChI is InChI=1S/C54H71N13O13S2/c1-58-35-13-6-5-12-34(35)47(73)59-23-8-7-14-36(48(74)60-29-45(57)71)63-53(79)42-15-9-24-67(42)54(80)41-30-82-81-25-22-46(72)61-38(27-32-16-18-33(68)19-17-32)50(76)64-39(26-31-10-3-2-4-11-31)51(77)62-37(20-21-43(55)69)49(75)65-40(28-44(56)70)52(78)66-41/h2-6,10-13,16-19,36-42,58,68H,7-9,14-15,20-30H2,1H3,(H2,55,69)(H2,56,70)(H2,57,71)(H,59,73)(H,60,74)(H,61,72)(H,62,77)(H,63,79)(H,64,76)(H,65,75)(H,66,78). The van der Waals surface area contributed by atoms with Gasteiger partial charge in [0, 0.05) is 63.0 Å². The van der Waals surface area contributed by atoms with E-state index in [4.69, 9.17) is 17.2 Å². The number of para-hydroxylation sites is 1. The van der Waals surface area contributed by atoms with Gasteiger partial charge in [-0.05, 0) is 73.9 Å². The first-order valence-electron chi connectivity index (χ1n) is 26.6. The van der Waals surface area contributed by atoms with Crippen molar-refractivity contribution in [3.8, 4) is 5.75 Å². The molecule has 28 heteroatoms. The molecule has 2 aliphatic heterocycles. The van der Waals surface area contributed by atoms with Crippen LogP contribution in [0.4, 0.5) is 5.69 Å². The fourth-order valence-electron chi connectivity index (χ4n) is 8.95. The smallest absolute Gasteiger partial charge is 0.253 e. The molecular weight excluding hydrogens is 1100 g/mol. The molecule has 7 atom stereocenters. The number of aromatic hydroxyl groups is 1. The monoisotopic (exact) mass is 1170 g/mol. The van der Waals surface area contributed by atoms with E-state index in [0.717, 1.165) is 21.6 Å². The lowest BCUT2D eigenvalue weighted by molar-refractivity contribution is -0.142. The number of hydrogen-bond acceptors (Lipinski definition) is 16. The summed E-state index contributed by atoms with van der Waals surface area (Å²) in [6, 6.07) is 11.4. The molecule has 3 aromatic rings. The Labute approximate surface area is 481 Å². The van der Waals surface area contributed by atoms with Crippen LogP contribution in [0.5, 0.6) is 5.75 Å². The molecule has 2 heterocycles. The van der Waals surface area contributed by atoms with Gasteiger partial charge in [-0.3, -0.25) is 57.5 Å². The van der Waals surface area contributed by atoms with Crippen molar-refractivity contribution in [1.82, 2.24) is 47.4 Å². The Morgan fingerprint density at radius 3 is 1.99 bits per heavy atom. The molecule has 16 N–H and O–H groups in total. The molecule has 5 rings (SSSR count). The van der Waals surface area contributed by atoms with Gasteiger partial charge in [0.05, 0.1) is 18.5 Å². The van der Waals surface area contributed by atoms with Gasteiger partial charge >= 0.3 is 0 Å². The van der Waals surface area contributed by atoms with Gasteiger partial charge in [0.2, 0.25) is 65.0 Å². The SMILES string of the molecule is CNc1ccccc1C(=O)NCCCCC(NC(=O)C1CCCN1C(=O)C1CSSCCC(=O)NC(Cc2ccc(O)cc2)C(=O)NC(Cc2ccccc2)C(=O)NC(CCC(N)=O)C(=O)NC(CC(N)=O)C(=O)N1)C(=O)NCC(N)=O. The van der Waals surface area contributed by atoms with E-state index in [-0.39, 0.29) is 68.4 Å². The zero-order valence-electron chi connectivity index (χ0n) is 45.2. The number of amides is 12. The fourth-order valence-corrected chi connectivity index (χ4v) is 11.1. The summed E-state index contributed by atoms with van der Waals surface area (Å²) in [7, 11) is 3.87. The summed E-state index contributed by atoms with van der Waals surface area (Å²) in [5.41, 5.74) is 18.5. The first-order valence-corrected chi connectivity index (χ1v) is 29.1. The number of likely N-dealkylation sites (tertiary alicyclic amines) is 1. The molecule has 82 heavy (non-hydrogen) atoms. The third-order valence-corrected chi connectivity index (χ3v) is 15.6. The summed E-state index contributed by atoms with van der Waals surface area (Å²) >= 11 is 0. The first kappa shape index (κ1) is 64.4. The number of benzene rings is 3. The summed E-state index contributed by atoms with van der Waals surface area (Å²) in [5, 5.41) is 33.8. The molecule has 26 nitrogen and oxygen atoms in total. The predicted octanol–water partition coefficient (Wildman–Crippen LogP) is -1.75. The van der Waals surface area contributed by atoms with Gasteiger partial charge in [-0.2, -0.15) is 0 Å². The van der Waals surface area contributed by atoms with E-state index in [0.29, 0.717) is 41.6 Å². The number of nitrogens with two attached hydrogens (primary N) is 3. The lowest BCUT2D eigenvalue weighted by Crippen LogP contribution is -2.61. The Hall–Kier alpha value is -8.40. The van der Waals surface area contributed by atoms with Gasteiger partial charge in [-0.15, -0.1) is 0 Å². The maximum atomic E-state index is 14.7. The number of rotatable bonds is 22. The van der Waals surface area contributed by atoms with Crippen LogP contribution in [-0.2, 0) is 65.6 Å². The van der Waals surface area contributed by atoms with Crippen molar-refractivity contribution in [1.29, 1.82) is 0 Å². The quantitative estimate of drug-likeness (QED) is 0.0392. The molecule has 0 spiro atoms. The second-order valence-electron chi connectivity index (χ2n) is 19.4. The number of primary amides is 3. The second kappa shape index (κ2) is 32.8. The van der Waals surface area contributed by atoms with E-state index in [1.54, 1.807) is 73.8 Å². The number of anilines is 1. The van der Waals surface area contributed by atoms with Crippen LogP contribution in [-0.4, -0.2) is 161 Å². The van der Waals surface area contributed by atoms with E-state index in [1.165, 1.54) is 17.0 Å². The van der Waals surface area contributed by atoms with Gasteiger partial charge < -0.3 is 75.1 Å². The summed E-state index contributed by atoms with van der Waals surface area (Å²) in [6.07, 6.45) is -0.877. The number of hydrogen-bond donors (Lipinski definition) is 13. The lowest BCUT2D eigenvalue weighted by atomic mass is 10.0. The largest absolute Gasteiger partial charge is 0.508 e. The van der Waals surface area contributed by atoms with Gasteiger partial charge in [-0.25, -0.2) is 0 Å². The Kier molecular flexibility index (Phi) is 25.7. The van der Waals surface area contributed by atoms with Crippen LogP contribution >= 0.6 is 21.6 Å². The molecule has 0 aromatic heterocycles. The highest BCUT2D eigenvalue weighted by Gasteiger charge is 2.40. The molecule has 3 aromatic carbocycles. The minimum atomic E-state index is -1.78. The van der Waals surface area contributed by atoms with Gasteiger partial charge in [-0.1, -0.05) is 76.2 Å². The van der Waals surface area contributed by atoms with Gasteiger partial charge in [0.25, 0.3) is 5.91 Å². The summed E-state index contributed by atoms with van der Waals surface area (Å²) in [4.78, 5) is 163. The van der Waals surface area contributed by atoms with Crippen molar-refractivity contribution in [3.63, 3.8) is 0 Å². The van der Waals surface area contributed by atoms with Crippen molar-refractivity contribution in [2.24, 2.45) is 17.2 Å². The van der Waals surface area contributed by atoms with Crippen molar-refractivity contribution >= 4 is 98.2 Å². The van der Waals surface area contributed by atoms with Crippen molar-refractivity contribution < 1.29 is 62.6 Å². The maximum Gasteiger partial charge on any atom is 0.253 e. The Bertz CT molecular complexity index is 2780. The number of nitrogens with zero attached hydrogens (tertiary/aromatic N) is 1. The van der Waals surface area contributed by atoms with E-state index in [1.807, 2.05) is 0 Å². The van der Waals surface area contributed by atoms with E-state index >= 15 is 0 Å². The third-order valence-electron chi connectivity index (χ3n) is 13.2. The fraction of sp³-hybridized carbons (Fsp3) is 0.444. The molecular formula is C54H71N13O13S2. The Morgan fingerprint density at radius 2 is 1.32 bits per heavy atom. The molecule has 0 aliphatic carbocycles. The van der Waals surface area contributed by atoms with Crippen LogP contribution in [0, 0.1) is 0 Å². The van der Waals surface area contributed by atoms with Crippen molar-refractivity contribution in [2.45, 2.75) is 113 Å². The number of carbonyl (C=O) groups excluding carboxylic acids is 12. The molecule has 7 unspecified atom stereocenters. The number of unbranched alkanes of at least 4 members (excludes halogenated alkanes) is 1. The van der Waals surface area contributed by atoms with Crippen molar-refractivity contribution in [3.05, 3.63) is 95.6 Å². The van der Waals surface area contributed by atoms with Crippen LogP contribution in [0.3, 0.4) is 0 Å². The third kappa shape index (κ3) is 20.9. The number of nitrogens with one attached hydrogen (secondary N) is 9. The van der Waals surface area contributed by atoms with Crippen LogP contribution in [0.2, 0.25) is 0 Å². The number of phenols is 1. The van der Waals surface area contributed by atoms with E-state index in [9.17, 15) is 62.6 Å². The Balaban J connectivity index is 1.40. The van der Waals surface area contributed by atoms with Crippen LogP contribution in [0.25, 0.3) is 0 Å². The van der Waals surface area contributed by atoms with E-state index < -0.39 is 133 Å². The second-order valence-corrected chi connectivity index (χ2v) is 22.1. The van der Waals surface area contributed by atoms with Crippen molar-refractivity contribution in [2.75, 3.05) is 43.5 Å². The molecule has 442 valence electrons. The molecule has 2 fully saturated rings. The van der Waals surface area contributed by atoms with E-state index in [2.05, 4.69) is 47.9 Å². The lowest BCUT2D eigenvalue weighted by Gasteiger charge is -2.31. The molecule has 0 saturated carbocycles. The molecule has 0 bridgehead atoms. The molecule has 2 aliphatic rings.